The number of imide groups is 1. The molecular weight excluding hydrogens is 210 g/mol. The summed E-state index contributed by atoms with van der Waals surface area (Å²) >= 11 is 1.86. The highest BCUT2D eigenvalue weighted by Crippen LogP contribution is 2.34. The standard InChI is InChI=1S/C11H15NO2S/c1-2-15-9-5-3-4-8(9)12-10(13)6-7-11(12)14/h6-9H,2-5H2,1H3. The third-order valence-electron chi connectivity index (χ3n) is 2.97. The van der Waals surface area contributed by atoms with Gasteiger partial charge in [-0.15, -0.1) is 0 Å². The number of hydrogen-bond donors (Lipinski definition) is 0. The van der Waals surface area contributed by atoms with E-state index in [4.69, 9.17) is 0 Å². The number of amides is 2. The monoisotopic (exact) mass is 225 g/mol. The largest absolute Gasteiger partial charge is 0.271 e. The Bertz CT molecular complexity index is 296. The van der Waals surface area contributed by atoms with E-state index < -0.39 is 0 Å². The topological polar surface area (TPSA) is 37.4 Å². The summed E-state index contributed by atoms with van der Waals surface area (Å²) in [6, 6.07) is 0.130. The molecule has 82 valence electrons. The van der Waals surface area contributed by atoms with Crippen molar-refractivity contribution in [1.29, 1.82) is 0 Å². The Balaban J connectivity index is 2.09. The second kappa shape index (κ2) is 4.39. The van der Waals surface area contributed by atoms with Crippen LogP contribution in [0.3, 0.4) is 0 Å². The first-order chi connectivity index (χ1) is 7.24. The van der Waals surface area contributed by atoms with Gasteiger partial charge in [-0.3, -0.25) is 14.5 Å². The molecular formula is C11H15NO2S. The molecule has 2 unspecified atom stereocenters. The highest BCUT2D eigenvalue weighted by atomic mass is 32.2. The Hall–Kier alpha value is -0.770. The molecule has 1 heterocycles. The van der Waals surface area contributed by atoms with Gasteiger partial charge in [-0.2, -0.15) is 11.8 Å². The Labute approximate surface area is 93.9 Å². The van der Waals surface area contributed by atoms with E-state index in [1.54, 1.807) is 0 Å². The molecule has 2 aliphatic rings. The zero-order chi connectivity index (χ0) is 10.8. The molecule has 2 amide bonds. The molecule has 0 N–H and O–H groups in total. The van der Waals surface area contributed by atoms with E-state index in [2.05, 4.69) is 6.92 Å². The molecule has 0 radical (unpaired) electrons. The zero-order valence-electron chi connectivity index (χ0n) is 8.81. The minimum atomic E-state index is -0.131. The molecule has 1 saturated carbocycles. The van der Waals surface area contributed by atoms with E-state index in [1.807, 2.05) is 11.8 Å². The molecule has 3 nitrogen and oxygen atoms in total. The average Bonchev–Trinajstić information content (AvgIpc) is 2.75. The lowest BCUT2D eigenvalue weighted by molar-refractivity contribution is -0.139. The summed E-state index contributed by atoms with van der Waals surface area (Å²) in [4.78, 5) is 24.5. The number of rotatable bonds is 3. The Morgan fingerprint density at radius 3 is 2.60 bits per heavy atom. The van der Waals surface area contributed by atoms with Crippen molar-refractivity contribution >= 4 is 23.6 Å². The molecule has 1 aliphatic carbocycles. The second-order valence-corrected chi connectivity index (χ2v) is 5.39. The Kier molecular flexibility index (Phi) is 3.14. The van der Waals surface area contributed by atoms with Gasteiger partial charge in [0.15, 0.2) is 0 Å². The van der Waals surface area contributed by atoms with Gasteiger partial charge in [0.1, 0.15) is 0 Å². The highest BCUT2D eigenvalue weighted by Gasteiger charge is 2.38. The molecule has 1 aliphatic heterocycles. The van der Waals surface area contributed by atoms with Crippen LogP contribution in [0.4, 0.5) is 0 Å². The molecule has 0 bridgehead atoms. The van der Waals surface area contributed by atoms with Crippen LogP contribution in [0.25, 0.3) is 0 Å². The minimum Gasteiger partial charge on any atom is -0.271 e. The molecule has 0 saturated heterocycles. The summed E-state index contributed by atoms with van der Waals surface area (Å²) in [5.41, 5.74) is 0. The van der Waals surface area contributed by atoms with Crippen molar-refractivity contribution in [3.8, 4) is 0 Å². The lowest BCUT2D eigenvalue weighted by atomic mass is 10.2. The SMILES string of the molecule is CCSC1CCCC1N1C(=O)C=CC1=O. The summed E-state index contributed by atoms with van der Waals surface area (Å²) in [6.45, 7) is 2.12. The van der Waals surface area contributed by atoms with Crippen molar-refractivity contribution in [3.63, 3.8) is 0 Å². The molecule has 15 heavy (non-hydrogen) atoms. The maximum atomic E-state index is 11.5. The maximum Gasteiger partial charge on any atom is 0.253 e. The van der Waals surface area contributed by atoms with E-state index in [0.29, 0.717) is 5.25 Å². The summed E-state index contributed by atoms with van der Waals surface area (Å²) in [7, 11) is 0. The van der Waals surface area contributed by atoms with Crippen LogP contribution in [-0.4, -0.2) is 33.8 Å². The van der Waals surface area contributed by atoms with Crippen LogP contribution in [-0.2, 0) is 9.59 Å². The van der Waals surface area contributed by atoms with Crippen molar-refractivity contribution in [2.45, 2.75) is 37.5 Å². The van der Waals surface area contributed by atoms with Gasteiger partial charge in [-0.25, -0.2) is 0 Å². The first-order valence-corrected chi connectivity index (χ1v) is 6.45. The Morgan fingerprint density at radius 2 is 2.00 bits per heavy atom. The van der Waals surface area contributed by atoms with Crippen LogP contribution in [0, 0.1) is 0 Å². The summed E-state index contributed by atoms with van der Waals surface area (Å²) < 4.78 is 0. The van der Waals surface area contributed by atoms with Crippen LogP contribution < -0.4 is 0 Å². The fourth-order valence-corrected chi connectivity index (χ4v) is 3.59. The van der Waals surface area contributed by atoms with Gasteiger partial charge >= 0.3 is 0 Å². The van der Waals surface area contributed by atoms with Gasteiger partial charge in [0.25, 0.3) is 11.8 Å². The van der Waals surface area contributed by atoms with Gasteiger partial charge in [0.05, 0.1) is 6.04 Å². The maximum absolute atomic E-state index is 11.5. The van der Waals surface area contributed by atoms with E-state index in [0.717, 1.165) is 25.0 Å². The van der Waals surface area contributed by atoms with Gasteiger partial charge in [0.2, 0.25) is 0 Å². The zero-order valence-corrected chi connectivity index (χ0v) is 9.63. The van der Waals surface area contributed by atoms with Crippen LogP contribution in [0.5, 0.6) is 0 Å². The Morgan fingerprint density at radius 1 is 1.33 bits per heavy atom. The van der Waals surface area contributed by atoms with Gasteiger partial charge in [-0.1, -0.05) is 13.3 Å². The smallest absolute Gasteiger partial charge is 0.253 e. The fraction of sp³-hybridized carbons (Fsp3) is 0.636. The number of carbonyl (C=O) groups excluding carboxylic acids is 2. The van der Waals surface area contributed by atoms with Crippen molar-refractivity contribution in [2.24, 2.45) is 0 Å². The van der Waals surface area contributed by atoms with E-state index >= 15 is 0 Å². The quantitative estimate of drug-likeness (QED) is 0.684. The summed E-state index contributed by atoms with van der Waals surface area (Å²) in [5.74, 6) is 0.785. The van der Waals surface area contributed by atoms with Gasteiger partial charge < -0.3 is 0 Å². The first kappa shape index (κ1) is 10.7. The second-order valence-electron chi connectivity index (χ2n) is 3.87. The molecule has 2 rings (SSSR count). The third-order valence-corrected chi connectivity index (χ3v) is 4.28. The molecule has 0 aromatic rings. The minimum absolute atomic E-state index is 0.130. The average molecular weight is 225 g/mol. The fourth-order valence-electron chi connectivity index (χ4n) is 2.35. The van der Waals surface area contributed by atoms with E-state index in [-0.39, 0.29) is 17.9 Å². The van der Waals surface area contributed by atoms with E-state index in [9.17, 15) is 9.59 Å². The lowest BCUT2D eigenvalue weighted by Gasteiger charge is -2.27. The normalized spacial score (nSPS) is 30.6. The predicted molar refractivity (Wildman–Crippen MR) is 60.6 cm³/mol. The number of nitrogens with zero attached hydrogens (tertiary/aromatic N) is 1. The van der Waals surface area contributed by atoms with Crippen molar-refractivity contribution in [3.05, 3.63) is 12.2 Å². The number of hydrogen-bond acceptors (Lipinski definition) is 3. The number of carbonyl (C=O) groups is 2. The molecule has 2 atom stereocenters. The molecule has 1 fully saturated rings. The lowest BCUT2D eigenvalue weighted by Crippen LogP contribution is -2.43. The first-order valence-electron chi connectivity index (χ1n) is 5.41. The van der Waals surface area contributed by atoms with Crippen LogP contribution in [0.15, 0.2) is 12.2 Å². The molecule has 0 aromatic carbocycles. The van der Waals surface area contributed by atoms with E-state index in [1.165, 1.54) is 17.1 Å². The van der Waals surface area contributed by atoms with Gasteiger partial charge in [0, 0.05) is 17.4 Å². The summed E-state index contributed by atoms with van der Waals surface area (Å²) in [6.07, 6.45) is 5.99. The molecule has 0 spiro atoms. The third kappa shape index (κ3) is 1.95. The van der Waals surface area contributed by atoms with Crippen molar-refractivity contribution in [1.82, 2.24) is 4.90 Å². The van der Waals surface area contributed by atoms with Crippen molar-refractivity contribution < 1.29 is 9.59 Å². The molecule has 0 aromatic heterocycles. The van der Waals surface area contributed by atoms with Crippen LogP contribution >= 0.6 is 11.8 Å². The number of thioether (sulfide) groups is 1. The van der Waals surface area contributed by atoms with Gasteiger partial charge in [-0.05, 0) is 18.6 Å². The summed E-state index contributed by atoms with van der Waals surface area (Å²) in [5, 5.41) is 0.447. The highest BCUT2D eigenvalue weighted by molar-refractivity contribution is 7.99. The van der Waals surface area contributed by atoms with Crippen LogP contribution in [0.1, 0.15) is 26.2 Å². The predicted octanol–water partition coefficient (Wildman–Crippen LogP) is 1.59. The molecule has 4 heteroatoms. The van der Waals surface area contributed by atoms with Crippen molar-refractivity contribution in [2.75, 3.05) is 5.75 Å². The van der Waals surface area contributed by atoms with Crippen LogP contribution in [0.2, 0.25) is 0 Å².